The van der Waals surface area contributed by atoms with Crippen molar-refractivity contribution in [3.05, 3.63) is 41.6 Å². The summed E-state index contributed by atoms with van der Waals surface area (Å²) in [6.07, 6.45) is 1.84. The molecule has 0 aliphatic carbocycles. The van der Waals surface area contributed by atoms with Gasteiger partial charge in [0.25, 0.3) is 0 Å². The molecule has 0 spiro atoms. The van der Waals surface area contributed by atoms with Crippen LogP contribution in [0.25, 0.3) is 5.69 Å². The number of methoxy groups -OCH3 is 1. The molecule has 0 unspecified atom stereocenters. The minimum absolute atomic E-state index is 0.680. The molecule has 0 saturated carbocycles. The maximum absolute atomic E-state index is 5.57. The third-order valence-electron chi connectivity index (χ3n) is 2.96. The molecule has 4 heteroatoms. The van der Waals surface area contributed by atoms with E-state index in [2.05, 4.69) is 5.10 Å². The largest absolute Gasteiger partial charge is 0.481 e. The van der Waals surface area contributed by atoms with Crippen LogP contribution in [0.2, 0.25) is 0 Å². The van der Waals surface area contributed by atoms with Gasteiger partial charge < -0.3 is 10.5 Å². The molecule has 0 radical (unpaired) electrons. The van der Waals surface area contributed by atoms with Crippen molar-refractivity contribution in [1.29, 1.82) is 0 Å². The first-order valence-electron chi connectivity index (χ1n) is 6.16. The quantitative estimate of drug-likeness (QED) is 0.877. The van der Waals surface area contributed by atoms with Crippen molar-refractivity contribution in [3.63, 3.8) is 0 Å². The van der Waals surface area contributed by atoms with Crippen molar-refractivity contribution in [3.8, 4) is 11.6 Å². The van der Waals surface area contributed by atoms with Crippen LogP contribution in [0.4, 0.5) is 0 Å². The van der Waals surface area contributed by atoms with Crippen LogP contribution in [0.5, 0.6) is 5.88 Å². The minimum atomic E-state index is 0.680. The van der Waals surface area contributed by atoms with Crippen LogP contribution in [0.15, 0.2) is 30.3 Å². The smallest absolute Gasteiger partial charge is 0.219 e. The first kappa shape index (κ1) is 12.6. The third-order valence-corrected chi connectivity index (χ3v) is 2.96. The first-order valence-corrected chi connectivity index (χ1v) is 6.16. The molecule has 0 bridgehead atoms. The van der Waals surface area contributed by atoms with Crippen molar-refractivity contribution in [1.82, 2.24) is 9.78 Å². The number of benzene rings is 1. The Balaban J connectivity index is 2.43. The van der Waals surface area contributed by atoms with Crippen LogP contribution in [-0.4, -0.2) is 23.4 Å². The lowest BCUT2D eigenvalue weighted by Gasteiger charge is -2.07. The van der Waals surface area contributed by atoms with Gasteiger partial charge in [0.05, 0.1) is 18.5 Å². The van der Waals surface area contributed by atoms with Gasteiger partial charge in [-0.2, -0.15) is 5.10 Å². The summed E-state index contributed by atoms with van der Waals surface area (Å²) in [5.74, 6) is 0.812. The SMILES string of the molecule is COc1c(CCCN)c(C)nn1-c1ccccc1. The van der Waals surface area contributed by atoms with Crippen LogP contribution >= 0.6 is 0 Å². The fourth-order valence-corrected chi connectivity index (χ4v) is 2.06. The Labute approximate surface area is 107 Å². The number of nitrogens with two attached hydrogens (primary N) is 1. The van der Waals surface area contributed by atoms with E-state index in [1.54, 1.807) is 7.11 Å². The van der Waals surface area contributed by atoms with E-state index in [1.807, 2.05) is 41.9 Å². The zero-order valence-corrected chi connectivity index (χ0v) is 10.9. The van der Waals surface area contributed by atoms with Gasteiger partial charge in [-0.1, -0.05) is 18.2 Å². The summed E-state index contributed by atoms with van der Waals surface area (Å²) in [7, 11) is 1.68. The van der Waals surface area contributed by atoms with Crippen molar-refractivity contribution in [2.24, 2.45) is 5.73 Å². The lowest BCUT2D eigenvalue weighted by atomic mass is 10.1. The van der Waals surface area contributed by atoms with Crippen LogP contribution in [0, 0.1) is 6.92 Å². The van der Waals surface area contributed by atoms with Crippen LogP contribution in [0.3, 0.4) is 0 Å². The van der Waals surface area contributed by atoms with E-state index in [0.717, 1.165) is 35.7 Å². The molecule has 1 aromatic carbocycles. The van der Waals surface area contributed by atoms with Crippen molar-refractivity contribution in [2.45, 2.75) is 19.8 Å². The number of aryl methyl sites for hydroxylation is 1. The highest BCUT2D eigenvalue weighted by Crippen LogP contribution is 2.26. The van der Waals surface area contributed by atoms with Gasteiger partial charge in [0.2, 0.25) is 5.88 Å². The molecule has 0 aliphatic rings. The normalized spacial score (nSPS) is 10.6. The molecule has 2 aromatic rings. The maximum Gasteiger partial charge on any atom is 0.219 e. The summed E-state index contributed by atoms with van der Waals surface area (Å²) in [4.78, 5) is 0. The molecule has 18 heavy (non-hydrogen) atoms. The predicted octanol–water partition coefficient (Wildman–Crippen LogP) is 2.08. The molecular weight excluding hydrogens is 226 g/mol. The second kappa shape index (κ2) is 5.69. The predicted molar refractivity (Wildman–Crippen MR) is 72.2 cm³/mol. The molecule has 0 amide bonds. The van der Waals surface area contributed by atoms with Crippen molar-refractivity contribution < 1.29 is 4.74 Å². The average Bonchev–Trinajstić information content (AvgIpc) is 2.73. The zero-order valence-electron chi connectivity index (χ0n) is 10.9. The Bertz CT molecular complexity index is 505. The zero-order chi connectivity index (χ0) is 13.0. The fourth-order valence-electron chi connectivity index (χ4n) is 2.06. The monoisotopic (exact) mass is 245 g/mol. The van der Waals surface area contributed by atoms with E-state index in [1.165, 1.54) is 0 Å². The minimum Gasteiger partial charge on any atom is -0.481 e. The molecule has 1 aromatic heterocycles. The average molecular weight is 245 g/mol. The Morgan fingerprint density at radius 3 is 2.61 bits per heavy atom. The van der Waals surface area contributed by atoms with Gasteiger partial charge in [0.1, 0.15) is 0 Å². The summed E-state index contributed by atoms with van der Waals surface area (Å²) in [6.45, 7) is 2.69. The van der Waals surface area contributed by atoms with E-state index in [-0.39, 0.29) is 0 Å². The molecule has 2 N–H and O–H groups in total. The maximum atomic E-state index is 5.57. The van der Waals surface area contributed by atoms with E-state index in [9.17, 15) is 0 Å². The number of para-hydroxylation sites is 1. The Morgan fingerprint density at radius 2 is 2.00 bits per heavy atom. The van der Waals surface area contributed by atoms with E-state index >= 15 is 0 Å². The lowest BCUT2D eigenvalue weighted by molar-refractivity contribution is 0.379. The second-order valence-electron chi connectivity index (χ2n) is 4.21. The number of hydrogen-bond donors (Lipinski definition) is 1. The van der Waals surface area contributed by atoms with Crippen LogP contribution in [0.1, 0.15) is 17.7 Å². The molecule has 4 nitrogen and oxygen atoms in total. The molecular formula is C14H19N3O. The first-order chi connectivity index (χ1) is 8.77. The van der Waals surface area contributed by atoms with Gasteiger partial charge in [-0.15, -0.1) is 0 Å². The second-order valence-corrected chi connectivity index (χ2v) is 4.21. The lowest BCUT2D eigenvalue weighted by Crippen LogP contribution is -2.03. The van der Waals surface area contributed by atoms with Crippen molar-refractivity contribution >= 4 is 0 Å². The van der Waals surface area contributed by atoms with Gasteiger partial charge in [0.15, 0.2) is 0 Å². The summed E-state index contributed by atoms with van der Waals surface area (Å²) >= 11 is 0. The Morgan fingerprint density at radius 1 is 1.28 bits per heavy atom. The van der Waals surface area contributed by atoms with Crippen LogP contribution in [-0.2, 0) is 6.42 Å². The summed E-state index contributed by atoms with van der Waals surface area (Å²) < 4.78 is 7.36. The van der Waals surface area contributed by atoms with E-state index in [4.69, 9.17) is 10.5 Å². The van der Waals surface area contributed by atoms with Gasteiger partial charge >= 0.3 is 0 Å². The summed E-state index contributed by atoms with van der Waals surface area (Å²) in [6, 6.07) is 10.0. The van der Waals surface area contributed by atoms with Gasteiger partial charge in [0, 0.05) is 5.56 Å². The standard InChI is InChI=1S/C14H19N3O/c1-11-13(9-6-10-15)14(18-2)17(16-11)12-7-4-3-5-8-12/h3-5,7-8H,6,9-10,15H2,1-2H3. The molecule has 1 heterocycles. The third kappa shape index (κ3) is 2.38. The number of nitrogens with zero attached hydrogens (tertiary/aromatic N) is 2. The van der Waals surface area contributed by atoms with E-state index < -0.39 is 0 Å². The topological polar surface area (TPSA) is 53.1 Å². The fraction of sp³-hybridized carbons (Fsp3) is 0.357. The Hall–Kier alpha value is -1.81. The molecule has 0 saturated heterocycles. The highest BCUT2D eigenvalue weighted by Gasteiger charge is 2.16. The number of rotatable bonds is 5. The molecule has 96 valence electrons. The summed E-state index contributed by atoms with van der Waals surface area (Å²) in [5, 5.41) is 4.56. The van der Waals surface area contributed by atoms with Gasteiger partial charge in [-0.3, -0.25) is 0 Å². The summed E-state index contributed by atoms with van der Waals surface area (Å²) in [5.41, 5.74) is 8.73. The van der Waals surface area contributed by atoms with Crippen molar-refractivity contribution in [2.75, 3.05) is 13.7 Å². The number of aromatic nitrogens is 2. The number of hydrogen-bond acceptors (Lipinski definition) is 3. The number of ether oxygens (including phenoxy) is 1. The molecule has 0 aliphatic heterocycles. The van der Waals surface area contributed by atoms with Gasteiger partial charge in [-0.05, 0) is 38.4 Å². The molecule has 2 rings (SSSR count). The molecule has 0 fully saturated rings. The highest BCUT2D eigenvalue weighted by molar-refractivity contribution is 5.41. The van der Waals surface area contributed by atoms with Gasteiger partial charge in [-0.25, -0.2) is 4.68 Å². The van der Waals surface area contributed by atoms with E-state index in [0.29, 0.717) is 6.54 Å². The highest BCUT2D eigenvalue weighted by atomic mass is 16.5. The molecule has 0 atom stereocenters. The van der Waals surface area contributed by atoms with Crippen LogP contribution < -0.4 is 10.5 Å². The Kier molecular flexibility index (Phi) is 3.99.